The fourth-order valence-corrected chi connectivity index (χ4v) is 3.47. The maximum atomic E-state index is 12.3. The lowest BCUT2D eigenvalue weighted by Crippen LogP contribution is -2.29. The van der Waals surface area contributed by atoms with Crippen molar-refractivity contribution in [1.29, 1.82) is 0 Å². The number of nitrogens with one attached hydrogen (secondary N) is 1. The molecule has 0 saturated carbocycles. The summed E-state index contributed by atoms with van der Waals surface area (Å²) in [5, 5.41) is 9.10. The lowest BCUT2D eigenvalue weighted by molar-refractivity contribution is -0.121. The molecule has 1 aromatic heterocycles. The molecule has 2 aromatic carbocycles. The number of sulfonamides is 1. The van der Waals surface area contributed by atoms with Gasteiger partial charge in [-0.1, -0.05) is 30.3 Å². The smallest absolute Gasteiger partial charge is 0.239 e. The Kier molecular flexibility index (Phi) is 5.11. The average Bonchev–Trinajstić information content (AvgIpc) is 2.90. The zero-order chi connectivity index (χ0) is 18.7. The van der Waals surface area contributed by atoms with Gasteiger partial charge in [-0.05, 0) is 48.6 Å². The summed E-state index contributed by atoms with van der Waals surface area (Å²) in [5.74, 6) is -0.0596. The normalized spacial score (nSPS) is 11.6. The molecule has 0 bridgehead atoms. The summed E-state index contributed by atoms with van der Waals surface area (Å²) in [6.07, 6.45) is 0.613. The number of carbonyl (C=O) groups excluding carboxylic acids is 1. The Bertz CT molecular complexity index is 1040. The van der Waals surface area contributed by atoms with Crippen LogP contribution >= 0.6 is 0 Å². The zero-order valence-corrected chi connectivity index (χ0v) is 15.3. The van der Waals surface area contributed by atoms with Crippen LogP contribution in [0.25, 0.3) is 10.9 Å². The van der Waals surface area contributed by atoms with Crippen molar-refractivity contribution in [3.8, 4) is 0 Å². The fourth-order valence-electron chi connectivity index (χ4n) is 2.95. The van der Waals surface area contributed by atoms with E-state index in [1.165, 1.54) is 12.1 Å². The molecule has 26 heavy (non-hydrogen) atoms. The molecule has 0 spiro atoms. The maximum absolute atomic E-state index is 12.3. The topological polar surface area (TPSA) is 94.2 Å². The molecule has 0 atom stereocenters. The second kappa shape index (κ2) is 7.31. The third-order valence-electron chi connectivity index (χ3n) is 4.31. The van der Waals surface area contributed by atoms with Crippen LogP contribution in [0.1, 0.15) is 11.3 Å². The zero-order valence-electron chi connectivity index (χ0n) is 14.5. The summed E-state index contributed by atoms with van der Waals surface area (Å²) < 4.78 is 24.5. The van der Waals surface area contributed by atoms with Gasteiger partial charge in [0.15, 0.2) is 0 Å². The Balaban J connectivity index is 1.57. The minimum absolute atomic E-state index is 0.0596. The van der Waals surface area contributed by atoms with E-state index >= 15 is 0 Å². The molecule has 136 valence electrons. The number of aryl methyl sites for hydroxylation is 1. The number of nitrogens with two attached hydrogens (primary N) is 1. The van der Waals surface area contributed by atoms with Gasteiger partial charge in [-0.2, -0.15) is 0 Å². The molecule has 0 aliphatic rings. The van der Waals surface area contributed by atoms with Crippen molar-refractivity contribution in [2.24, 2.45) is 5.14 Å². The first-order chi connectivity index (χ1) is 12.3. The number of rotatable bonds is 6. The van der Waals surface area contributed by atoms with Crippen molar-refractivity contribution in [2.75, 3.05) is 6.54 Å². The minimum atomic E-state index is -3.68. The second-order valence-electron chi connectivity index (χ2n) is 6.22. The quantitative estimate of drug-likeness (QED) is 0.693. The second-order valence-corrected chi connectivity index (χ2v) is 7.78. The fraction of sp³-hybridized carbons (Fsp3) is 0.211. The Morgan fingerprint density at radius 2 is 1.81 bits per heavy atom. The van der Waals surface area contributed by atoms with Gasteiger partial charge in [0.2, 0.25) is 15.9 Å². The SMILES string of the molecule is Cc1cc2ccccc2n1CC(=O)NCCc1ccc(S(N)(=O)=O)cc1. The standard InChI is InChI=1S/C19H21N3O3S/c1-14-12-16-4-2-3-5-18(16)22(14)13-19(23)21-11-10-15-6-8-17(9-7-15)26(20,24)25/h2-9,12H,10-11,13H2,1H3,(H,21,23)(H2,20,24,25). The van der Waals surface area contributed by atoms with Crippen molar-refractivity contribution in [1.82, 2.24) is 9.88 Å². The highest BCUT2D eigenvalue weighted by Crippen LogP contribution is 2.18. The van der Waals surface area contributed by atoms with Crippen LogP contribution in [0, 0.1) is 6.92 Å². The summed E-state index contributed by atoms with van der Waals surface area (Å²) in [6, 6.07) is 16.4. The minimum Gasteiger partial charge on any atom is -0.354 e. The number of hydrogen-bond donors (Lipinski definition) is 2. The number of hydrogen-bond acceptors (Lipinski definition) is 3. The molecule has 3 aromatic rings. The number of carbonyl (C=O) groups is 1. The number of amides is 1. The van der Waals surface area contributed by atoms with Crippen molar-refractivity contribution in [3.63, 3.8) is 0 Å². The van der Waals surface area contributed by atoms with E-state index in [4.69, 9.17) is 5.14 Å². The lowest BCUT2D eigenvalue weighted by Gasteiger charge is -2.09. The Morgan fingerprint density at radius 3 is 2.50 bits per heavy atom. The van der Waals surface area contributed by atoms with Crippen LogP contribution in [0.2, 0.25) is 0 Å². The van der Waals surface area contributed by atoms with Crippen LogP contribution in [0.5, 0.6) is 0 Å². The van der Waals surface area contributed by atoms with Gasteiger partial charge in [-0.15, -0.1) is 0 Å². The van der Waals surface area contributed by atoms with Gasteiger partial charge in [0.1, 0.15) is 6.54 Å². The number of aromatic nitrogens is 1. The molecule has 0 radical (unpaired) electrons. The first kappa shape index (κ1) is 18.2. The summed E-state index contributed by atoms with van der Waals surface area (Å²) in [7, 11) is -3.68. The number of nitrogens with zero attached hydrogens (tertiary/aromatic N) is 1. The molecule has 0 unspecified atom stereocenters. The molecule has 1 heterocycles. The van der Waals surface area contributed by atoms with Crippen LogP contribution in [0.4, 0.5) is 0 Å². The molecule has 0 aliphatic heterocycles. The third kappa shape index (κ3) is 4.12. The van der Waals surface area contributed by atoms with Gasteiger partial charge < -0.3 is 9.88 Å². The van der Waals surface area contributed by atoms with E-state index < -0.39 is 10.0 Å². The summed E-state index contributed by atoms with van der Waals surface area (Å²) in [4.78, 5) is 12.3. The molecule has 7 heteroatoms. The Morgan fingerprint density at radius 1 is 1.12 bits per heavy atom. The molecule has 0 saturated heterocycles. The van der Waals surface area contributed by atoms with Crippen molar-refractivity contribution >= 4 is 26.8 Å². The van der Waals surface area contributed by atoms with E-state index in [0.29, 0.717) is 13.0 Å². The first-order valence-corrected chi connectivity index (χ1v) is 9.82. The van der Waals surface area contributed by atoms with Crippen LogP contribution in [-0.2, 0) is 27.8 Å². The molecular weight excluding hydrogens is 350 g/mol. The maximum Gasteiger partial charge on any atom is 0.239 e. The molecule has 1 amide bonds. The molecular formula is C19H21N3O3S. The predicted octanol–water partition coefficient (Wildman–Crippen LogP) is 1.96. The monoisotopic (exact) mass is 371 g/mol. The predicted molar refractivity (Wildman–Crippen MR) is 101 cm³/mol. The molecule has 6 nitrogen and oxygen atoms in total. The van der Waals surface area contributed by atoms with Crippen molar-refractivity contribution < 1.29 is 13.2 Å². The summed E-state index contributed by atoms with van der Waals surface area (Å²) >= 11 is 0. The van der Waals surface area contributed by atoms with Gasteiger partial charge in [-0.3, -0.25) is 4.79 Å². The van der Waals surface area contributed by atoms with Crippen molar-refractivity contribution in [3.05, 3.63) is 65.9 Å². The molecule has 3 N–H and O–H groups in total. The van der Waals surface area contributed by atoms with Gasteiger partial charge in [0.05, 0.1) is 4.90 Å². The van der Waals surface area contributed by atoms with Crippen molar-refractivity contribution in [2.45, 2.75) is 24.8 Å². The van der Waals surface area contributed by atoms with Crippen LogP contribution < -0.4 is 10.5 Å². The summed E-state index contributed by atoms with van der Waals surface area (Å²) in [6.45, 7) is 2.73. The highest BCUT2D eigenvalue weighted by Gasteiger charge is 2.10. The number of benzene rings is 2. The van der Waals surface area contributed by atoms with E-state index in [9.17, 15) is 13.2 Å². The third-order valence-corrected chi connectivity index (χ3v) is 5.24. The van der Waals surface area contributed by atoms with E-state index in [1.54, 1.807) is 12.1 Å². The Hall–Kier alpha value is -2.64. The van der Waals surface area contributed by atoms with Gasteiger partial charge in [0.25, 0.3) is 0 Å². The van der Waals surface area contributed by atoms with Gasteiger partial charge in [-0.25, -0.2) is 13.6 Å². The lowest BCUT2D eigenvalue weighted by atomic mass is 10.1. The van der Waals surface area contributed by atoms with Crippen LogP contribution in [-0.4, -0.2) is 25.4 Å². The number of primary sulfonamides is 1. The highest BCUT2D eigenvalue weighted by molar-refractivity contribution is 7.89. The summed E-state index contributed by atoms with van der Waals surface area (Å²) in [5.41, 5.74) is 3.01. The van der Waals surface area contributed by atoms with E-state index in [-0.39, 0.29) is 17.3 Å². The largest absolute Gasteiger partial charge is 0.354 e. The van der Waals surface area contributed by atoms with Gasteiger partial charge >= 0.3 is 0 Å². The number of fused-ring (bicyclic) bond motifs is 1. The number of para-hydroxylation sites is 1. The molecule has 3 rings (SSSR count). The Labute approximate surface area is 152 Å². The van der Waals surface area contributed by atoms with Crippen LogP contribution in [0.3, 0.4) is 0 Å². The van der Waals surface area contributed by atoms with E-state index in [2.05, 4.69) is 11.4 Å². The van der Waals surface area contributed by atoms with E-state index in [0.717, 1.165) is 22.2 Å². The highest BCUT2D eigenvalue weighted by atomic mass is 32.2. The van der Waals surface area contributed by atoms with E-state index in [1.807, 2.05) is 35.8 Å². The molecule has 0 aliphatic carbocycles. The average molecular weight is 371 g/mol. The van der Waals surface area contributed by atoms with Crippen LogP contribution in [0.15, 0.2) is 59.5 Å². The molecule has 0 fully saturated rings. The first-order valence-electron chi connectivity index (χ1n) is 8.28. The van der Waals surface area contributed by atoms with Gasteiger partial charge in [0, 0.05) is 17.8 Å².